The summed E-state index contributed by atoms with van der Waals surface area (Å²) in [6.07, 6.45) is 0. The summed E-state index contributed by atoms with van der Waals surface area (Å²) in [5, 5.41) is 3.76. The molecule has 1 amide bonds. The van der Waals surface area contributed by atoms with Crippen LogP contribution in [-0.4, -0.2) is 43.7 Å². The standard InChI is InChI=1S/C23H24N2O4/c1-16-6-8-17(9-7-16)20(15-25-10-12-28-13-11-25)24-22(26)19-14-18-4-2-3-5-21(18)29-23(19)27/h2-9,14,20H,10-13,15H2,1H3,(H,24,26)/t20-/m0/s1. The van der Waals surface area contributed by atoms with E-state index in [0.717, 1.165) is 29.6 Å². The number of para-hydroxylation sites is 1. The number of aryl methyl sites for hydroxylation is 1. The third-order valence-electron chi connectivity index (χ3n) is 5.22. The predicted molar refractivity (Wildman–Crippen MR) is 111 cm³/mol. The van der Waals surface area contributed by atoms with Crippen molar-refractivity contribution in [1.82, 2.24) is 10.2 Å². The van der Waals surface area contributed by atoms with E-state index in [4.69, 9.17) is 9.15 Å². The monoisotopic (exact) mass is 392 g/mol. The second-order valence-electron chi connectivity index (χ2n) is 7.34. The van der Waals surface area contributed by atoms with Crippen molar-refractivity contribution in [1.29, 1.82) is 0 Å². The summed E-state index contributed by atoms with van der Waals surface area (Å²) >= 11 is 0. The minimum absolute atomic E-state index is 0.0165. The molecule has 1 aliphatic rings. The predicted octanol–water partition coefficient (Wildman–Crippen LogP) is 2.90. The molecule has 1 N–H and O–H groups in total. The smallest absolute Gasteiger partial charge is 0.349 e. The van der Waals surface area contributed by atoms with E-state index in [1.54, 1.807) is 18.2 Å². The van der Waals surface area contributed by atoms with Crippen molar-refractivity contribution in [3.63, 3.8) is 0 Å². The fraction of sp³-hybridized carbons (Fsp3) is 0.304. The molecule has 0 spiro atoms. The lowest BCUT2D eigenvalue weighted by Gasteiger charge is -2.31. The van der Waals surface area contributed by atoms with Crippen molar-refractivity contribution in [2.75, 3.05) is 32.8 Å². The Morgan fingerprint density at radius 2 is 1.83 bits per heavy atom. The summed E-state index contributed by atoms with van der Waals surface area (Å²) < 4.78 is 10.8. The molecule has 1 fully saturated rings. The maximum absolute atomic E-state index is 13.0. The number of benzene rings is 2. The first-order valence-corrected chi connectivity index (χ1v) is 9.80. The van der Waals surface area contributed by atoms with Crippen molar-refractivity contribution < 1.29 is 13.9 Å². The van der Waals surface area contributed by atoms with Gasteiger partial charge in [-0.2, -0.15) is 0 Å². The fourth-order valence-electron chi connectivity index (χ4n) is 3.53. The molecule has 4 rings (SSSR count). The number of nitrogens with zero attached hydrogens (tertiary/aromatic N) is 1. The molecule has 0 bridgehead atoms. The largest absolute Gasteiger partial charge is 0.422 e. The first-order valence-electron chi connectivity index (χ1n) is 9.80. The van der Waals surface area contributed by atoms with E-state index >= 15 is 0 Å². The van der Waals surface area contributed by atoms with Gasteiger partial charge in [-0.3, -0.25) is 9.69 Å². The minimum Gasteiger partial charge on any atom is -0.422 e. The molecule has 150 valence electrons. The van der Waals surface area contributed by atoms with E-state index in [9.17, 15) is 9.59 Å². The van der Waals surface area contributed by atoms with Crippen LogP contribution in [0, 0.1) is 6.92 Å². The van der Waals surface area contributed by atoms with Gasteiger partial charge in [-0.25, -0.2) is 4.79 Å². The highest BCUT2D eigenvalue weighted by molar-refractivity contribution is 5.96. The minimum atomic E-state index is -0.629. The van der Waals surface area contributed by atoms with Crippen LogP contribution in [0.5, 0.6) is 0 Å². The molecule has 2 aromatic carbocycles. The van der Waals surface area contributed by atoms with Crippen LogP contribution in [0.3, 0.4) is 0 Å². The number of nitrogens with one attached hydrogen (secondary N) is 1. The highest BCUT2D eigenvalue weighted by atomic mass is 16.5. The molecule has 0 unspecified atom stereocenters. The lowest BCUT2D eigenvalue weighted by atomic mass is 10.0. The average molecular weight is 392 g/mol. The van der Waals surface area contributed by atoms with Gasteiger partial charge in [0.15, 0.2) is 0 Å². The summed E-state index contributed by atoms with van der Waals surface area (Å²) in [5.41, 5.74) is 2.01. The lowest BCUT2D eigenvalue weighted by molar-refractivity contribution is 0.0332. The Morgan fingerprint density at radius 1 is 1.10 bits per heavy atom. The van der Waals surface area contributed by atoms with Gasteiger partial charge in [0, 0.05) is 25.0 Å². The molecule has 2 heterocycles. The van der Waals surface area contributed by atoms with Gasteiger partial charge >= 0.3 is 5.63 Å². The van der Waals surface area contributed by atoms with Crippen LogP contribution in [-0.2, 0) is 4.74 Å². The molecular formula is C23H24N2O4. The second kappa shape index (κ2) is 8.59. The zero-order valence-electron chi connectivity index (χ0n) is 16.4. The molecule has 1 saturated heterocycles. The molecule has 1 aromatic heterocycles. The summed E-state index contributed by atoms with van der Waals surface area (Å²) in [7, 11) is 0. The highest BCUT2D eigenvalue weighted by Crippen LogP contribution is 2.18. The van der Waals surface area contributed by atoms with E-state index in [1.165, 1.54) is 0 Å². The van der Waals surface area contributed by atoms with Gasteiger partial charge in [-0.15, -0.1) is 0 Å². The van der Waals surface area contributed by atoms with Gasteiger partial charge in [0.2, 0.25) is 0 Å². The van der Waals surface area contributed by atoms with Gasteiger partial charge < -0.3 is 14.5 Å². The van der Waals surface area contributed by atoms with Crippen molar-refractivity contribution in [3.05, 3.63) is 81.7 Å². The zero-order valence-corrected chi connectivity index (χ0v) is 16.4. The van der Waals surface area contributed by atoms with E-state index in [2.05, 4.69) is 10.2 Å². The van der Waals surface area contributed by atoms with Gasteiger partial charge in [-0.05, 0) is 24.6 Å². The number of rotatable bonds is 5. The van der Waals surface area contributed by atoms with Crippen LogP contribution in [0.25, 0.3) is 11.0 Å². The number of hydrogen-bond acceptors (Lipinski definition) is 5. The molecule has 6 heteroatoms. The molecule has 1 atom stereocenters. The number of hydrogen-bond donors (Lipinski definition) is 1. The third kappa shape index (κ3) is 4.55. The number of ether oxygens (including phenoxy) is 1. The summed E-state index contributed by atoms with van der Waals surface area (Å²) in [6.45, 7) is 5.68. The van der Waals surface area contributed by atoms with E-state index < -0.39 is 11.5 Å². The number of morpholine rings is 1. The third-order valence-corrected chi connectivity index (χ3v) is 5.22. The molecule has 1 aliphatic heterocycles. The van der Waals surface area contributed by atoms with E-state index in [0.29, 0.717) is 25.3 Å². The first kappa shape index (κ1) is 19.4. The first-order chi connectivity index (χ1) is 14.1. The Bertz CT molecular complexity index is 1050. The SMILES string of the molecule is Cc1ccc([C@H](CN2CCOCC2)NC(=O)c2cc3ccccc3oc2=O)cc1. The van der Waals surface area contributed by atoms with Gasteiger partial charge in [0.25, 0.3) is 5.91 Å². The van der Waals surface area contributed by atoms with Crippen LogP contribution in [0.2, 0.25) is 0 Å². The second-order valence-corrected chi connectivity index (χ2v) is 7.34. The zero-order chi connectivity index (χ0) is 20.2. The molecule has 29 heavy (non-hydrogen) atoms. The molecule has 0 aliphatic carbocycles. The quantitative estimate of drug-likeness (QED) is 0.676. The Labute approximate surface area is 169 Å². The van der Waals surface area contributed by atoms with Crippen molar-refractivity contribution >= 4 is 16.9 Å². The summed E-state index contributed by atoms with van der Waals surface area (Å²) in [5.74, 6) is -0.427. The molecular weight excluding hydrogens is 368 g/mol. The molecule has 6 nitrogen and oxygen atoms in total. The Hall–Kier alpha value is -2.96. The van der Waals surface area contributed by atoms with Crippen molar-refractivity contribution in [3.8, 4) is 0 Å². The highest BCUT2D eigenvalue weighted by Gasteiger charge is 2.22. The molecule has 0 saturated carbocycles. The Kier molecular flexibility index (Phi) is 5.74. The van der Waals surface area contributed by atoms with Crippen LogP contribution in [0.15, 0.2) is 63.8 Å². The summed E-state index contributed by atoms with van der Waals surface area (Å²) in [4.78, 5) is 27.6. The normalized spacial score (nSPS) is 15.9. The molecule has 3 aromatic rings. The number of amides is 1. The van der Waals surface area contributed by atoms with E-state index in [1.807, 2.05) is 43.3 Å². The Balaban J connectivity index is 1.60. The summed E-state index contributed by atoms with van der Waals surface area (Å²) in [6, 6.07) is 16.6. The van der Waals surface area contributed by atoms with Gasteiger partial charge in [0.05, 0.1) is 19.3 Å². The van der Waals surface area contributed by atoms with Crippen LogP contribution < -0.4 is 10.9 Å². The van der Waals surface area contributed by atoms with Crippen LogP contribution in [0.1, 0.15) is 27.5 Å². The van der Waals surface area contributed by atoms with Crippen molar-refractivity contribution in [2.45, 2.75) is 13.0 Å². The fourth-order valence-corrected chi connectivity index (χ4v) is 3.53. The molecule has 0 radical (unpaired) electrons. The van der Waals surface area contributed by atoms with Gasteiger partial charge in [0.1, 0.15) is 11.1 Å². The number of fused-ring (bicyclic) bond motifs is 1. The average Bonchev–Trinajstić information content (AvgIpc) is 2.74. The number of carbonyl (C=O) groups is 1. The van der Waals surface area contributed by atoms with E-state index in [-0.39, 0.29) is 11.6 Å². The lowest BCUT2D eigenvalue weighted by Crippen LogP contribution is -2.43. The van der Waals surface area contributed by atoms with Gasteiger partial charge in [-0.1, -0.05) is 48.0 Å². The van der Waals surface area contributed by atoms with Crippen LogP contribution >= 0.6 is 0 Å². The Morgan fingerprint density at radius 3 is 2.59 bits per heavy atom. The van der Waals surface area contributed by atoms with Crippen molar-refractivity contribution in [2.24, 2.45) is 0 Å². The maximum Gasteiger partial charge on any atom is 0.349 e. The maximum atomic E-state index is 13.0. The van der Waals surface area contributed by atoms with Crippen LogP contribution in [0.4, 0.5) is 0 Å². The number of carbonyl (C=O) groups excluding carboxylic acids is 1. The topological polar surface area (TPSA) is 71.8 Å².